The summed E-state index contributed by atoms with van der Waals surface area (Å²) in [5.41, 5.74) is 4.37. The number of Topliss-reactive ketones (excluding diaryl/α,β-unsaturated/α-hetero) is 2. The fourth-order valence-corrected chi connectivity index (χ4v) is 7.15. The van der Waals surface area contributed by atoms with E-state index in [1.807, 2.05) is 21.1 Å². The third-order valence-electron chi connectivity index (χ3n) is 8.82. The summed E-state index contributed by atoms with van der Waals surface area (Å²) in [6.45, 7) is 0.752. The topological polar surface area (TPSA) is 168 Å². The molecule has 1 fully saturated rings. The zero-order valence-electron chi connectivity index (χ0n) is 22.1. The van der Waals surface area contributed by atoms with E-state index in [0.717, 1.165) is 24.2 Å². The van der Waals surface area contributed by atoms with Gasteiger partial charge in [0, 0.05) is 36.8 Å². The monoisotopic (exact) mass is 526 g/mol. The van der Waals surface area contributed by atoms with Gasteiger partial charge in [0.15, 0.2) is 11.4 Å². The molecule has 6 N–H and O–H groups in total. The highest BCUT2D eigenvalue weighted by atomic mass is 16.3. The Labute approximate surface area is 220 Å². The number of phenols is 1. The zero-order valence-corrected chi connectivity index (χ0v) is 22.1. The summed E-state index contributed by atoms with van der Waals surface area (Å²) in [6.07, 6.45) is 1.19. The van der Waals surface area contributed by atoms with Crippen molar-refractivity contribution < 1.29 is 34.8 Å². The van der Waals surface area contributed by atoms with Gasteiger partial charge in [-0.15, -0.1) is 0 Å². The molecule has 1 heterocycles. The molecule has 1 aliphatic heterocycles. The normalized spacial score (nSPS) is 30.9. The van der Waals surface area contributed by atoms with Crippen LogP contribution in [0.2, 0.25) is 0 Å². The van der Waals surface area contributed by atoms with Gasteiger partial charge in [-0.25, -0.2) is 0 Å². The summed E-state index contributed by atoms with van der Waals surface area (Å²) >= 11 is 0. The molecule has 11 heteroatoms. The van der Waals surface area contributed by atoms with Crippen LogP contribution in [-0.4, -0.2) is 101 Å². The van der Waals surface area contributed by atoms with E-state index in [9.17, 15) is 34.8 Å². The number of phenolic OH excluding ortho intramolecular Hbond substituents is 1. The number of hydrogen-bond acceptors (Lipinski definition) is 10. The number of ketones is 2. The lowest BCUT2D eigenvalue weighted by molar-refractivity contribution is -0.153. The predicted octanol–water partition coefficient (Wildman–Crippen LogP) is 0.407. The summed E-state index contributed by atoms with van der Waals surface area (Å²) in [5, 5.41) is 45.2. The fraction of sp³-hybridized carbons (Fsp3) is 0.519. The number of likely N-dealkylation sites (N-methyl/N-ethyl adjacent to an activating group) is 1. The van der Waals surface area contributed by atoms with E-state index in [4.69, 9.17) is 5.73 Å². The van der Waals surface area contributed by atoms with Crippen molar-refractivity contribution in [2.24, 2.45) is 17.6 Å². The number of aromatic hydroxyl groups is 1. The van der Waals surface area contributed by atoms with Crippen LogP contribution in [0.25, 0.3) is 5.76 Å². The number of amides is 1. The number of nitrogens with zero attached hydrogens (tertiary/aromatic N) is 3. The second-order valence-electron chi connectivity index (χ2n) is 11.3. The first kappa shape index (κ1) is 26.2. The standard InChI is InChI=1S/C27H34N4O7/c1-29(2)15-6-7-31(5)20-12(15)10-16(32)18-13(20)8-11-9-14-21(30(3)4)23(34)19(26(28)37)25(36)27(14,38)24(35)17(11)22(18)33/h10-11,14-15,21,32-33,36,38H,6-9H2,1-5H3,(H2,28,37)/t11-,14-,15?,21-,27+/m1/s1. The number of carbonyl (C=O) groups is 3. The van der Waals surface area contributed by atoms with Crippen molar-refractivity contribution in [3.8, 4) is 5.75 Å². The molecule has 11 nitrogen and oxygen atoms in total. The van der Waals surface area contributed by atoms with Crippen LogP contribution in [0.4, 0.5) is 5.69 Å². The van der Waals surface area contributed by atoms with Gasteiger partial charge in [-0.2, -0.15) is 0 Å². The fourth-order valence-electron chi connectivity index (χ4n) is 7.15. The summed E-state index contributed by atoms with van der Waals surface area (Å²) in [6, 6.07) is 0.554. The van der Waals surface area contributed by atoms with Crippen molar-refractivity contribution >= 4 is 28.9 Å². The Bertz CT molecular complexity index is 1350. The zero-order chi connectivity index (χ0) is 28.0. The van der Waals surface area contributed by atoms with Gasteiger partial charge in [-0.3, -0.25) is 19.3 Å². The van der Waals surface area contributed by atoms with E-state index in [1.54, 1.807) is 20.2 Å². The molecular formula is C27H34N4O7. The third kappa shape index (κ3) is 3.28. The highest BCUT2D eigenvalue weighted by Crippen LogP contribution is 2.55. The summed E-state index contributed by atoms with van der Waals surface area (Å²) in [5.74, 6) is -6.46. The third-order valence-corrected chi connectivity index (χ3v) is 8.82. The molecule has 0 spiro atoms. The number of primary amides is 1. The van der Waals surface area contributed by atoms with Crippen molar-refractivity contribution in [2.75, 3.05) is 46.7 Å². The van der Waals surface area contributed by atoms with E-state index in [-0.39, 0.29) is 35.8 Å². The molecule has 1 saturated carbocycles. The number of hydrogen-bond donors (Lipinski definition) is 5. The number of anilines is 1. The molecule has 3 aliphatic carbocycles. The van der Waals surface area contributed by atoms with Gasteiger partial charge in [-0.1, -0.05) is 0 Å². The van der Waals surface area contributed by atoms with Gasteiger partial charge in [0.05, 0.1) is 11.6 Å². The van der Waals surface area contributed by atoms with E-state index in [2.05, 4.69) is 9.80 Å². The van der Waals surface area contributed by atoms with Gasteiger partial charge in [0.2, 0.25) is 5.78 Å². The number of rotatable bonds is 3. The Morgan fingerprint density at radius 1 is 1.13 bits per heavy atom. The highest BCUT2D eigenvalue weighted by Gasteiger charge is 2.64. The number of aliphatic hydroxyl groups excluding tert-OH is 2. The molecule has 0 radical (unpaired) electrons. The lowest BCUT2D eigenvalue weighted by Crippen LogP contribution is -2.65. The van der Waals surface area contributed by atoms with Crippen LogP contribution in [0.3, 0.4) is 0 Å². The van der Waals surface area contributed by atoms with Gasteiger partial charge < -0.3 is 36.0 Å². The van der Waals surface area contributed by atoms with Crippen LogP contribution in [0.1, 0.15) is 35.6 Å². The van der Waals surface area contributed by atoms with Crippen molar-refractivity contribution in [1.29, 1.82) is 0 Å². The largest absolute Gasteiger partial charge is 0.508 e. The van der Waals surface area contributed by atoms with Gasteiger partial charge in [0.25, 0.3) is 5.91 Å². The number of nitrogens with two attached hydrogens (primary N) is 1. The smallest absolute Gasteiger partial charge is 0.255 e. The Morgan fingerprint density at radius 2 is 1.79 bits per heavy atom. The number of carbonyl (C=O) groups excluding carboxylic acids is 3. The Balaban J connectivity index is 1.75. The second kappa shape index (κ2) is 8.55. The molecule has 38 heavy (non-hydrogen) atoms. The van der Waals surface area contributed by atoms with E-state index < -0.39 is 58.0 Å². The molecule has 1 amide bonds. The minimum atomic E-state index is -2.64. The first-order valence-electron chi connectivity index (χ1n) is 12.6. The number of fused-ring (bicyclic) bond motifs is 5. The van der Waals surface area contributed by atoms with Crippen LogP contribution >= 0.6 is 0 Å². The molecule has 1 aromatic rings. The van der Waals surface area contributed by atoms with E-state index >= 15 is 0 Å². The molecule has 5 rings (SSSR count). The van der Waals surface area contributed by atoms with E-state index in [0.29, 0.717) is 5.56 Å². The maximum atomic E-state index is 14.0. The minimum Gasteiger partial charge on any atom is -0.508 e. The Morgan fingerprint density at radius 3 is 2.37 bits per heavy atom. The summed E-state index contributed by atoms with van der Waals surface area (Å²) in [4.78, 5) is 44.9. The SMILES string of the molecule is CN1CCC(N(C)C)c2cc(O)c3c(c21)C[C@@H]1C[C@@H]2[C@@H](N(C)C)C(=O)C(C(N)=O)=C(O)[C@@]2(O)C(=O)C1=C3O. The average Bonchev–Trinajstić information content (AvgIpc) is 2.80. The van der Waals surface area contributed by atoms with Crippen LogP contribution in [0.5, 0.6) is 5.75 Å². The first-order chi connectivity index (χ1) is 17.7. The second-order valence-corrected chi connectivity index (χ2v) is 11.3. The lowest BCUT2D eigenvalue weighted by Gasteiger charge is -2.50. The van der Waals surface area contributed by atoms with Crippen LogP contribution in [0, 0.1) is 11.8 Å². The molecule has 0 bridgehead atoms. The van der Waals surface area contributed by atoms with Crippen molar-refractivity contribution in [2.45, 2.75) is 36.9 Å². The first-order valence-corrected chi connectivity index (χ1v) is 12.6. The summed E-state index contributed by atoms with van der Waals surface area (Å²) in [7, 11) is 9.04. The van der Waals surface area contributed by atoms with Gasteiger partial charge >= 0.3 is 0 Å². The van der Waals surface area contributed by atoms with Crippen LogP contribution in [0.15, 0.2) is 23.0 Å². The summed E-state index contributed by atoms with van der Waals surface area (Å²) < 4.78 is 0. The van der Waals surface area contributed by atoms with Crippen LogP contribution in [-0.2, 0) is 20.8 Å². The van der Waals surface area contributed by atoms with Crippen LogP contribution < -0.4 is 10.6 Å². The molecule has 1 unspecified atom stereocenters. The van der Waals surface area contributed by atoms with Crippen molar-refractivity contribution in [3.63, 3.8) is 0 Å². The molecule has 0 aromatic heterocycles. The number of aliphatic hydroxyl groups is 3. The highest BCUT2D eigenvalue weighted by molar-refractivity contribution is 6.24. The van der Waals surface area contributed by atoms with Gasteiger partial charge in [0.1, 0.15) is 22.8 Å². The quantitative estimate of drug-likeness (QED) is 0.348. The predicted molar refractivity (Wildman–Crippen MR) is 139 cm³/mol. The average molecular weight is 527 g/mol. The molecule has 0 saturated heterocycles. The van der Waals surface area contributed by atoms with E-state index in [1.165, 1.54) is 4.90 Å². The Hall–Kier alpha value is -3.41. The molecule has 1 aromatic carbocycles. The molecule has 4 aliphatic rings. The van der Waals surface area contributed by atoms with Crippen molar-refractivity contribution in [1.82, 2.24) is 9.80 Å². The Kier molecular flexibility index (Phi) is 5.90. The minimum absolute atomic E-state index is 0.0476. The van der Waals surface area contributed by atoms with Crippen molar-refractivity contribution in [3.05, 3.63) is 39.7 Å². The maximum absolute atomic E-state index is 14.0. The lowest BCUT2D eigenvalue weighted by atomic mass is 9.57. The molecule has 204 valence electrons. The maximum Gasteiger partial charge on any atom is 0.255 e. The molecule has 5 atom stereocenters. The number of benzene rings is 1. The van der Waals surface area contributed by atoms with Gasteiger partial charge in [-0.05, 0) is 70.6 Å². The molecular weight excluding hydrogens is 492 g/mol.